The first-order valence-electron chi connectivity index (χ1n) is 10.3. The van der Waals surface area contributed by atoms with Gasteiger partial charge in [-0.05, 0) is 49.7 Å². The monoisotopic (exact) mass is 462 g/mol. The molecular formula is C21H28NaO8P. The standard InChI is InChI=1S/C21H27O8P.Na.H/c1-19-7-5-13(23)9-12(19)3-4-14-15-6-8-21(17(25)11-22,29-30(26,27)28)20(15,2)10-16(24)18(14)19;;/h5,7,9,14-15,18,22H,3-4,6,8,10-11H2,1-2H3,(H2,26,27,28);;/t14-,15-,18+,19-,20-,21-;;/m0../s1. The van der Waals surface area contributed by atoms with Gasteiger partial charge in [0.05, 0.1) is 0 Å². The Morgan fingerprint density at radius 2 is 1.94 bits per heavy atom. The molecule has 0 aromatic heterocycles. The van der Waals surface area contributed by atoms with Gasteiger partial charge in [0.1, 0.15) is 18.0 Å². The molecule has 3 fully saturated rings. The van der Waals surface area contributed by atoms with E-state index in [-0.39, 0.29) is 71.7 Å². The second-order valence-electron chi connectivity index (χ2n) is 9.56. The number of rotatable bonds is 4. The Labute approximate surface area is 203 Å². The van der Waals surface area contributed by atoms with Gasteiger partial charge in [0, 0.05) is 23.2 Å². The van der Waals surface area contributed by atoms with Gasteiger partial charge in [0.2, 0.25) is 0 Å². The minimum absolute atomic E-state index is 0. The molecule has 0 aromatic rings. The Hall–Kier alpha value is -0.440. The van der Waals surface area contributed by atoms with E-state index in [1.807, 2.05) is 13.0 Å². The first-order valence-corrected chi connectivity index (χ1v) is 11.8. The van der Waals surface area contributed by atoms with Gasteiger partial charge in [-0.3, -0.25) is 18.9 Å². The maximum absolute atomic E-state index is 13.5. The van der Waals surface area contributed by atoms with Crippen LogP contribution in [-0.4, -0.2) is 74.0 Å². The molecule has 6 atom stereocenters. The third kappa shape index (κ3) is 3.64. The van der Waals surface area contributed by atoms with Crippen molar-refractivity contribution < 1.29 is 38.4 Å². The molecule has 8 nitrogen and oxygen atoms in total. The number of fused-ring (bicyclic) bond motifs is 5. The van der Waals surface area contributed by atoms with E-state index in [4.69, 9.17) is 4.52 Å². The predicted octanol–water partition coefficient (Wildman–Crippen LogP) is 1.23. The maximum atomic E-state index is 13.5. The van der Waals surface area contributed by atoms with E-state index in [0.717, 1.165) is 5.57 Å². The molecular weight excluding hydrogens is 434 g/mol. The average molecular weight is 462 g/mol. The fourth-order valence-corrected chi connectivity index (χ4v) is 7.81. The zero-order valence-electron chi connectivity index (χ0n) is 17.0. The zero-order chi connectivity index (χ0) is 22.1. The second-order valence-corrected chi connectivity index (χ2v) is 10.7. The van der Waals surface area contributed by atoms with Crippen LogP contribution in [0.2, 0.25) is 0 Å². The number of carbonyl (C=O) groups excluding carboxylic acids is 3. The first-order chi connectivity index (χ1) is 13.9. The van der Waals surface area contributed by atoms with Crippen molar-refractivity contribution in [2.75, 3.05) is 6.61 Å². The molecule has 4 rings (SSSR count). The topological polar surface area (TPSA) is 138 Å². The van der Waals surface area contributed by atoms with Crippen LogP contribution >= 0.6 is 7.82 Å². The molecule has 0 radical (unpaired) electrons. The zero-order valence-corrected chi connectivity index (χ0v) is 17.9. The molecule has 0 aromatic carbocycles. The van der Waals surface area contributed by atoms with Gasteiger partial charge in [-0.2, -0.15) is 0 Å². The Balaban J connectivity index is 0.00000272. The van der Waals surface area contributed by atoms with E-state index in [2.05, 4.69) is 0 Å². The summed E-state index contributed by atoms with van der Waals surface area (Å²) in [5.41, 5.74) is -2.67. The molecule has 0 spiro atoms. The molecule has 166 valence electrons. The molecule has 0 amide bonds. The van der Waals surface area contributed by atoms with Crippen LogP contribution in [-0.2, 0) is 23.5 Å². The normalized spacial score (nSPS) is 41.6. The Morgan fingerprint density at radius 3 is 2.55 bits per heavy atom. The first kappa shape index (κ1) is 25.2. The molecule has 10 heteroatoms. The Morgan fingerprint density at radius 1 is 1.26 bits per heavy atom. The summed E-state index contributed by atoms with van der Waals surface area (Å²) in [6.07, 6.45) is 6.66. The summed E-state index contributed by atoms with van der Waals surface area (Å²) in [4.78, 5) is 57.2. The van der Waals surface area contributed by atoms with Gasteiger partial charge in [-0.1, -0.05) is 25.5 Å². The van der Waals surface area contributed by atoms with Gasteiger partial charge in [-0.25, -0.2) is 4.57 Å². The summed E-state index contributed by atoms with van der Waals surface area (Å²) >= 11 is 0. The number of hydrogen-bond acceptors (Lipinski definition) is 6. The van der Waals surface area contributed by atoms with Crippen molar-refractivity contribution in [1.82, 2.24) is 0 Å². The number of ketones is 3. The van der Waals surface area contributed by atoms with Crippen molar-refractivity contribution in [2.45, 2.75) is 51.6 Å². The number of carbonyl (C=O) groups is 3. The van der Waals surface area contributed by atoms with Crippen LogP contribution in [0.4, 0.5) is 0 Å². The van der Waals surface area contributed by atoms with Gasteiger partial charge >= 0.3 is 37.4 Å². The third-order valence-electron chi connectivity index (χ3n) is 8.25. The fourth-order valence-electron chi connectivity index (χ4n) is 7.01. The van der Waals surface area contributed by atoms with E-state index in [0.29, 0.717) is 19.3 Å². The number of phosphoric acid groups is 1. The van der Waals surface area contributed by atoms with Crippen LogP contribution < -0.4 is 0 Å². The second kappa shape index (κ2) is 8.10. The summed E-state index contributed by atoms with van der Waals surface area (Å²) in [5.74, 6) is -1.63. The van der Waals surface area contributed by atoms with Crippen LogP contribution in [0.3, 0.4) is 0 Å². The van der Waals surface area contributed by atoms with Crippen molar-refractivity contribution in [3.8, 4) is 0 Å². The summed E-state index contributed by atoms with van der Waals surface area (Å²) < 4.78 is 16.9. The molecule has 3 N–H and O–H groups in total. The number of allylic oxidation sites excluding steroid dienone is 4. The number of aliphatic hydroxyl groups is 1. The van der Waals surface area contributed by atoms with Crippen molar-refractivity contribution >= 4 is 54.7 Å². The molecule has 4 aliphatic carbocycles. The summed E-state index contributed by atoms with van der Waals surface area (Å²) in [5, 5.41) is 9.56. The molecule has 0 bridgehead atoms. The third-order valence-corrected chi connectivity index (χ3v) is 8.80. The summed E-state index contributed by atoms with van der Waals surface area (Å²) in [6, 6.07) is 0. The predicted molar refractivity (Wildman–Crippen MR) is 112 cm³/mol. The van der Waals surface area contributed by atoms with E-state index in [1.54, 1.807) is 13.0 Å². The molecule has 0 heterocycles. The van der Waals surface area contributed by atoms with Crippen molar-refractivity contribution in [3.05, 3.63) is 23.8 Å². The van der Waals surface area contributed by atoms with E-state index >= 15 is 0 Å². The van der Waals surface area contributed by atoms with Gasteiger partial charge in [-0.15, -0.1) is 0 Å². The van der Waals surface area contributed by atoms with Crippen LogP contribution in [0.15, 0.2) is 23.8 Å². The van der Waals surface area contributed by atoms with Crippen LogP contribution in [0.1, 0.15) is 46.0 Å². The molecule has 3 saturated carbocycles. The van der Waals surface area contributed by atoms with Crippen LogP contribution in [0, 0.1) is 28.6 Å². The van der Waals surface area contributed by atoms with Gasteiger partial charge in [0.15, 0.2) is 11.6 Å². The van der Waals surface area contributed by atoms with Crippen LogP contribution in [0.5, 0.6) is 0 Å². The number of Topliss-reactive ketones (excluding diaryl/α,β-unsaturated/α-hetero) is 2. The SMILES string of the molecule is C[C@]12C=CC(=O)C=C1CC[C@@H]1[C@@H]2C(=O)C[C@@]2(C)[C@H]1CC[C@]2(OP(=O)(O)O)C(=O)CO.[NaH]. The molecule has 0 aliphatic heterocycles. The Bertz CT molecular complexity index is 938. The van der Waals surface area contributed by atoms with E-state index in [9.17, 15) is 33.8 Å². The Kier molecular flexibility index (Phi) is 6.58. The number of phosphoric ester groups is 1. The van der Waals surface area contributed by atoms with Crippen molar-refractivity contribution in [3.63, 3.8) is 0 Å². The summed E-state index contributed by atoms with van der Waals surface area (Å²) in [6.45, 7) is 2.74. The van der Waals surface area contributed by atoms with Crippen LogP contribution in [0.25, 0.3) is 0 Å². The van der Waals surface area contributed by atoms with Gasteiger partial charge in [0.25, 0.3) is 0 Å². The average Bonchev–Trinajstić information content (AvgIpc) is 2.92. The van der Waals surface area contributed by atoms with E-state index < -0.39 is 36.6 Å². The summed E-state index contributed by atoms with van der Waals surface area (Å²) in [7, 11) is -5.05. The molecule has 31 heavy (non-hydrogen) atoms. The quantitative estimate of drug-likeness (QED) is 0.419. The van der Waals surface area contributed by atoms with Gasteiger partial charge < -0.3 is 14.9 Å². The van der Waals surface area contributed by atoms with Crippen molar-refractivity contribution in [1.29, 1.82) is 0 Å². The van der Waals surface area contributed by atoms with E-state index in [1.165, 1.54) is 6.08 Å². The molecule has 0 unspecified atom stereocenters. The number of hydrogen-bond donors (Lipinski definition) is 3. The van der Waals surface area contributed by atoms with Crippen molar-refractivity contribution in [2.24, 2.45) is 28.6 Å². The minimum atomic E-state index is -5.05. The number of aliphatic hydroxyl groups excluding tert-OH is 1. The molecule has 0 saturated heterocycles. The fraction of sp³-hybridized carbons (Fsp3) is 0.667. The molecule has 4 aliphatic rings.